The molecule has 0 radical (unpaired) electrons. The molecule has 0 saturated carbocycles. The first-order valence-corrected chi connectivity index (χ1v) is 4.42. The molecule has 0 aromatic carbocycles. The van der Waals surface area contributed by atoms with Crippen LogP contribution in [-0.2, 0) is 9.53 Å². The molecular weight excluding hydrogens is 168 g/mol. The number of carboxylic acids is 1. The van der Waals surface area contributed by atoms with E-state index in [1.54, 1.807) is 6.08 Å². The van der Waals surface area contributed by atoms with Crippen LogP contribution >= 0.6 is 0 Å². The topological polar surface area (TPSA) is 46.5 Å². The van der Waals surface area contributed by atoms with Crippen LogP contribution in [0.1, 0.15) is 33.6 Å². The van der Waals surface area contributed by atoms with Crippen molar-refractivity contribution in [3.63, 3.8) is 0 Å². The molecule has 0 atom stereocenters. The first-order chi connectivity index (χ1) is 5.92. The zero-order chi connectivity index (χ0) is 10.3. The third kappa shape index (κ3) is 11.2. The molecule has 0 aliphatic carbocycles. The van der Waals surface area contributed by atoms with Crippen LogP contribution < -0.4 is 0 Å². The Balaban J connectivity index is 3.36. The summed E-state index contributed by atoms with van der Waals surface area (Å²) in [6.45, 7) is 6.62. The Bertz CT molecular complexity index is 177. The molecule has 0 unspecified atom stereocenters. The average molecular weight is 186 g/mol. The van der Waals surface area contributed by atoms with Crippen molar-refractivity contribution in [1.29, 1.82) is 0 Å². The molecule has 0 saturated heterocycles. The predicted molar refractivity (Wildman–Crippen MR) is 51.7 cm³/mol. The van der Waals surface area contributed by atoms with Gasteiger partial charge in [-0.15, -0.1) is 0 Å². The third-order valence-corrected chi connectivity index (χ3v) is 1.28. The number of hydrogen-bond acceptors (Lipinski definition) is 2. The van der Waals surface area contributed by atoms with Crippen LogP contribution in [0.5, 0.6) is 0 Å². The van der Waals surface area contributed by atoms with Crippen molar-refractivity contribution in [1.82, 2.24) is 0 Å². The monoisotopic (exact) mass is 186 g/mol. The molecular formula is C10H18O3. The minimum absolute atomic E-state index is 0.0928. The fourth-order valence-electron chi connectivity index (χ4n) is 0.735. The van der Waals surface area contributed by atoms with Gasteiger partial charge in [-0.3, -0.25) is 4.79 Å². The quantitative estimate of drug-likeness (QED) is 0.529. The Morgan fingerprint density at radius 1 is 1.38 bits per heavy atom. The van der Waals surface area contributed by atoms with Crippen molar-refractivity contribution in [2.24, 2.45) is 0 Å². The Morgan fingerprint density at radius 3 is 2.46 bits per heavy atom. The Labute approximate surface area is 79.4 Å². The lowest BCUT2D eigenvalue weighted by atomic mass is 10.2. The smallest absolute Gasteiger partial charge is 0.307 e. The van der Waals surface area contributed by atoms with Gasteiger partial charge in [0, 0.05) is 0 Å². The van der Waals surface area contributed by atoms with Gasteiger partial charge < -0.3 is 9.84 Å². The lowest BCUT2D eigenvalue weighted by molar-refractivity contribution is -0.136. The normalized spacial score (nSPS) is 12.2. The predicted octanol–water partition coefficient (Wildman–Crippen LogP) is 2.22. The molecule has 0 heterocycles. The Morgan fingerprint density at radius 2 is 2.00 bits per heavy atom. The lowest BCUT2D eigenvalue weighted by Gasteiger charge is -2.18. The van der Waals surface area contributed by atoms with Gasteiger partial charge in [-0.05, 0) is 27.2 Å². The van der Waals surface area contributed by atoms with Gasteiger partial charge in [0.25, 0.3) is 0 Å². The van der Waals surface area contributed by atoms with E-state index in [9.17, 15) is 4.79 Å². The molecule has 0 aliphatic rings. The minimum Gasteiger partial charge on any atom is -0.481 e. The summed E-state index contributed by atoms with van der Waals surface area (Å²) in [6.07, 6.45) is 4.34. The van der Waals surface area contributed by atoms with Crippen molar-refractivity contribution < 1.29 is 14.6 Å². The van der Waals surface area contributed by atoms with Crippen LogP contribution in [-0.4, -0.2) is 23.3 Å². The summed E-state index contributed by atoms with van der Waals surface area (Å²) in [5.74, 6) is -0.798. The Kier molecular flexibility index (Phi) is 5.39. The van der Waals surface area contributed by atoms with Crippen LogP contribution in [0.2, 0.25) is 0 Å². The zero-order valence-corrected chi connectivity index (χ0v) is 8.54. The van der Waals surface area contributed by atoms with E-state index >= 15 is 0 Å². The highest BCUT2D eigenvalue weighted by Crippen LogP contribution is 2.06. The van der Waals surface area contributed by atoms with Gasteiger partial charge in [-0.1, -0.05) is 12.2 Å². The molecule has 3 nitrogen and oxygen atoms in total. The summed E-state index contributed by atoms with van der Waals surface area (Å²) in [6, 6.07) is 0. The molecule has 0 rings (SSSR count). The van der Waals surface area contributed by atoms with Gasteiger partial charge in [0.15, 0.2) is 0 Å². The van der Waals surface area contributed by atoms with Crippen LogP contribution in [0.3, 0.4) is 0 Å². The molecule has 76 valence electrons. The highest BCUT2D eigenvalue weighted by atomic mass is 16.5. The number of carboxylic acid groups (broad SMARTS) is 1. The molecule has 0 aromatic heterocycles. The van der Waals surface area contributed by atoms with E-state index in [1.165, 1.54) is 0 Å². The van der Waals surface area contributed by atoms with Crippen LogP contribution in [0.15, 0.2) is 12.2 Å². The molecule has 0 amide bonds. The summed E-state index contributed by atoms with van der Waals surface area (Å²) in [5, 5.41) is 8.32. The molecule has 1 N–H and O–H groups in total. The Hall–Kier alpha value is -0.830. The van der Waals surface area contributed by atoms with Gasteiger partial charge in [-0.2, -0.15) is 0 Å². The summed E-state index contributed by atoms with van der Waals surface area (Å²) in [4.78, 5) is 10.1. The average Bonchev–Trinajstić information content (AvgIpc) is 1.93. The molecule has 3 heteroatoms. The van der Waals surface area contributed by atoms with Gasteiger partial charge in [-0.25, -0.2) is 0 Å². The van der Waals surface area contributed by atoms with Crippen molar-refractivity contribution in [3.8, 4) is 0 Å². The largest absolute Gasteiger partial charge is 0.481 e. The van der Waals surface area contributed by atoms with Gasteiger partial charge in [0.1, 0.15) is 0 Å². The van der Waals surface area contributed by atoms with E-state index in [1.807, 2.05) is 26.8 Å². The fraction of sp³-hybridized carbons (Fsp3) is 0.700. The molecule has 0 spiro atoms. The third-order valence-electron chi connectivity index (χ3n) is 1.28. The van der Waals surface area contributed by atoms with Gasteiger partial charge >= 0.3 is 5.97 Å². The van der Waals surface area contributed by atoms with E-state index in [0.29, 0.717) is 6.61 Å². The first-order valence-electron chi connectivity index (χ1n) is 4.42. The van der Waals surface area contributed by atoms with Crippen LogP contribution in [0.25, 0.3) is 0 Å². The number of ether oxygens (including phenoxy) is 1. The maximum Gasteiger partial charge on any atom is 0.307 e. The molecule has 13 heavy (non-hydrogen) atoms. The summed E-state index contributed by atoms with van der Waals surface area (Å²) in [7, 11) is 0. The van der Waals surface area contributed by atoms with E-state index in [-0.39, 0.29) is 12.0 Å². The highest BCUT2D eigenvalue weighted by Gasteiger charge is 2.07. The molecule has 0 bridgehead atoms. The lowest BCUT2D eigenvalue weighted by Crippen LogP contribution is -2.19. The van der Waals surface area contributed by atoms with E-state index in [0.717, 1.165) is 6.42 Å². The van der Waals surface area contributed by atoms with E-state index < -0.39 is 5.97 Å². The molecule has 0 aromatic rings. The second-order valence-corrected chi connectivity index (χ2v) is 3.82. The number of carbonyl (C=O) groups is 1. The van der Waals surface area contributed by atoms with E-state index in [4.69, 9.17) is 9.84 Å². The van der Waals surface area contributed by atoms with Crippen molar-refractivity contribution >= 4 is 5.97 Å². The number of aliphatic carboxylic acids is 1. The van der Waals surface area contributed by atoms with Gasteiger partial charge in [0.2, 0.25) is 0 Å². The maximum atomic E-state index is 10.1. The maximum absolute atomic E-state index is 10.1. The van der Waals surface area contributed by atoms with Crippen LogP contribution in [0, 0.1) is 0 Å². The molecule has 0 aliphatic heterocycles. The van der Waals surface area contributed by atoms with E-state index in [2.05, 4.69) is 0 Å². The van der Waals surface area contributed by atoms with Crippen molar-refractivity contribution in [2.45, 2.75) is 39.2 Å². The standard InChI is InChI=1S/C10H18O3/c1-10(2,3)13-8-6-4-5-7-9(11)12/h4-5H,6-8H2,1-3H3,(H,11,12). The molecule has 0 fully saturated rings. The number of rotatable bonds is 5. The fourth-order valence-corrected chi connectivity index (χ4v) is 0.735. The summed E-state index contributed by atoms with van der Waals surface area (Å²) < 4.78 is 5.44. The van der Waals surface area contributed by atoms with Crippen molar-refractivity contribution in [2.75, 3.05) is 6.61 Å². The minimum atomic E-state index is -0.798. The zero-order valence-electron chi connectivity index (χ0n) is 8.54. The SMILES string of the molecule is CC(C)(C)OCCC=CCC(=O)O. The first kappa shape index (κ1) is 12.2. The summed E-state index contributed by atoms with van der Waals surface area (Å²) in [5.41, 5.74) is -0.110. The summed E-state index contributed by atoms with van der Waals surface area (Å²) >= 11 is 0. The van der Waals surface area contributed by atoms with Crippen LogP contribution in [0.4, 0.5) is 0 Å². The second kappa shape index (κ2) is 5.75. The second-order valence-electron chi connectivity index (χ2n) is 3.82. The highest BCUT2D eigenvalue weighted by molar-refractivity contribution is 5.68. The number of hydrogen-bond donors (Lipinski definition) is 1. The van der Waals surface area contributed by atoms with Crippen molar-refractivity contribution in [3.05, 3.63) is 12.2 Å². The van der Waals surface area contributed by atoms with Gasteiger partial charge in [0.05, 0.1) is 18.6 Å².